The Bertz CT molecular complexity index is 868. The minimum absolute atomic E-state index is 0.136. The van der Waals surface area contributed by atoms with Crippen LogP contribution in [0.25, 0.3) is 10.2 Å². The van der Waals surface area contributed by atoms with Crippen LogP contribution in [0.1, 0.15) is 23.4 Å². The number of fused-ring (bicyclic) bond motifs is 2. The average Bonchev–Trinajstić information content (AvgIpc) is 3.24. The summed E-state index contributed by atoms with van der Waals surface area (Å²) in [6.45, 7) is 0.514. The van der Waals surface area contributed by atoms with Crippen molar-refractivity contribution in [3.8, 4) is 0 Å². The highest BCUT2D eigenvalue weighted by Crippen LogP contribution is 2.24. The van der Waals surface area contributed by atoms with E-state index < -0.39 is 0 Å². The van der Waals surface area contributed by atoms with Crippen LogP contribution in [0.3, 0.4) is 0 Å². The topological polar surface area (TPSA) is 73.9 Å². The second-order valence-corrected chi connectivity index (χ2v) is 6.69. The minimum atomic E-state index is -0.136. The molecule has 2 heterocycles. The van der Waals surface area contributed by atoms with Crippen molar-refractivity contribution in [2.75, 3.05) is 12.4 Å². The highest BCUT2D eigenvalue weighted by atomic mass is 32.1. The lowest BCUT2D eigenvalue weighted by atomic mass is 10.2. The number of nitrogens with one attached hydrogen (secondary N) is 2. The number of anilines is 1. The second-order valence-electron chi connectivity index (χ2n) is 5.80. The first-order chi connectivity index (χ1) is 11.2. The number of H-pyrrole nitrogens is 1. The van der Waals surface area contributed by atoms with E-state index >= 15 is 0 Å². The van der Waals surface area contributed by atoms with Crippen molar-refractivity contribution in [1.82, 2.24) is 20.1 Å². The zero-order valence-electron chi connectivity index (χ0n) is 12.8. The van der Waals surface area contributed by atoms with Gasteiger partial charge in [-0.2, -0.15) is 5.10 Å². The fourth-order valence-corrected chi connectivity index (χ4v) is 3.68. The number of amides is 2. The van der Waals surface area contributed by atoms with Gasteiger partial charge in [0, 0.05) is 18.4 Å². The first-order valence-electron chi connectivity index (χ1n) is 7.61. The van der Waals surface area contributed by atoms with Crippen molar-refractivity contribution in [2.24, 2.45) is 0 Å². The van der Waals surface area contributed by atoms with Crippen molar-refractivity contribution in [1.29, 1.82) is 0 Å². The van der Waals surface area contributed by atoms with E-state index in [2.05, 4.69) is 20.5 Å². The summed E-state index contributed by atoms with van der Waals surface area (Å²) in [4.78, 5) is 18.3. The maximum atomic E-state index is 12.4. The molecule has 2 amide bonds. The number of urea groups is 1. The van der Waals surface area contributed by atoms with Crippen LogP contribution in [0.15, 0.2) is 23.7 Å². The molecule has 6 nitrogen and oxygen atoms in total. The van der Waals surface area contributed by atoms with E-state index in [0.717, 1.165) is 34.4 Å². The molecule has 0 saturated heterocycles. The van der Waals surface area contributed by atoms with Crippen LogP contribution in [0.4, 0.5) is 10.5 Å². The molecular formula is C16H17N5OS. The van der Waals surface area contributed by atoms with Crippen LogP contribution in [0, 0.1) is 0 Å². The zero-order chi connectivity index (χ0) is 15.8. The quantitative estimate of drug-likeness (QED) is 0.776. The van der Waals surface area contributed by atoms with Crippen molar-refractivity contribution < 1.29 is 4.79 Å². The molecule has 0 aliphatic heterocycles. The van der Waals surface area contributed by atoms with Gasteiger partial charge in [0.2, 0.25) is 0 Å². The number of thiazole rings is 1. The Morgan fingerprint density at radius 3 is 3.26 bits per heavy atom. The van der Waals surface area contributed by atoms with E-state index in [9.17, 15) is 4.79 Å². The molecule has 1 aromatic carbocycles. The van der Waals surface area contributed by atoms with Gasteiger partial charge in [0.05, 0.1) is 28.0 Å². The summed E-state index contributed by atoms with van der Waals surface area (Å²) in [5.41, 5.74) is 7.04. The highest BCUT2D eigenvalue weighted by Gasteiger charge is 2.20. The molecule has 4 rings (SSSR count). The van der Waals surface area contributed by atoms with E-state index in [4.69, 9.17) is 0 Å². The molecule has 2 aromatic heterocycles. The number of hydrogen-bond donors (Lipinski definition) is 2. The Labute approximate surface area is 137 Å². The van der Waals surface area contributed by atoms with Crippen molar-refractivity contribution in [3.05, 3.63) is 40.7 Å². The normalized spacial score (nSPS) is 13.3. The number of benzene rings is 1. The van der Waals surface area contributed by atoms with Gasteiger partial charge in [-0.15, -0.1) is 11.3 Å². The van der Waals surface area contributed by atoms with Crippen LogP contribution < -0.4 is 5.32 Å². The van der Waals surface area contributed by atoms with E-state index in [-0.39, 0.29) is 6.03 Å². The largest absolute Gasteiger partial charge is 0.322 e. The number of carbonyl (C=O) groups is 1. The Balaban J connectivity index is 1.45. The van der Waals surface area contributed by atoms with Crippen LogP contribution in [0.5, 0.6) is 0 Å². The third-order valence-electron chi connectivity index (χ3n) is 4.21. The Morgan fingerprint density at radius 2 is 2.35 bits per heavy atom. The lowest BCUT2D eigenvalue weighted by molar-refractivity contribution is 0.220. The van der Waals surface area contributed by atoms with Gasteiger partial charge in [-0.3, -0.25) is 5.10 Å². The third kappa shape index (κ3) is 2.68. The van der Waals surface area contributed by atoms with Gasteiger partial charge in [-0.25, -0.2) is 9.78 Å². The molecule has 0 saturated carbocycles. The second kappa shape index (κ2) is 5.66. The molecule has 118 valence electrons. The third-order valence-corrected chi connectivity index (χ3v) is 5.00. The zero-order valence-corrected chi connectivity index (χ0v) is 13.6. The Morgan fingerprint density at radius 1 is 1.43 bits per heavy atom. The van der Waals surface area contributed by atoms with Crippen molar-refractivity contribution >= 4 is 33.3 Å². The fourth-order valence-electron chi connectivity index (χ4n) is 2.97. The first kappa shape index (κ1) is 14.2. The molecule has 1 aliphatic carbocycles. The SMILES string of the molecule is CN(Cc1n[nH]c2c1CCC2)C(=O)Nc1ccc2ncsc2c1. The summed E-state index contributed by atoms with van der Waals surface area (Å²) in [5.74, 6) is 0. The predicted molar refractivity (Wildman–Crippen MR) is 90.7 cm³/mol. The summed E-state index contributed by atoms with van der Waals surface area (Å²) in [7, 11) is 1.79. The molecule has 7 heteroatoms. The maximum Gasteiger partial charge on any atom is 0.321 e. The molecule has 0 spiro atoms. The van der Waals surface area contributed by atoms with Gasteiger partial charge in [0.15, 0.2) is 0 Å². The monoisotopic (exact) mass is 327 g/mol. The minimum Gasteiger partial charge on any atom is -0.322 e. The lowest BCUT2D eigenvalue weighted by Gasteiger charge is -2.17. The Hall–Kier alpha value is -2.41. The first-order valence-corrected chi connectivity index (χ1v) is 8.49. The number of hydrogen-bond acceptors (Lipinski definition) is 4. The summed E-state index contributed by atoms with van der Waals surface area (Å²) in [5, 5.41) is 10.4. The van der Waals surface area contributed by atoms with Gasteiger partial charge in [0.25, 0.3) is 0 Å². The molecule has 0 atom stereocenters. The summed E-state index contributed by atoms with van der Waals surface area (Å²) in [6, 6.07) is 5.61. The van der Waals surface area contributed by atoms with E-state index in [0.29, 0.717) is 6.54 Å². The molecule has 0 unspecified atom stereocenters. The molecule has 0 fully saturated rings. The number of carbonyl (C=O) groups excluding carboxylic acids is 1. The smallest absolute Gasteiger partial charge is 0.321 e. The van der Waals surface area contributed by atoms with Gasteiger partial charge in [-0.1, -0.05) is 0 Å². The standard InChI is InChI=1S/C16H17N5OS/c1-21(8-14-11-3-2-4-12(11)19-20-14)16(22)18-10-5-6-13-15(7-10)23-9-17-13/h5-7,9H,2-4,8H2,1H3,(H,18,22)(H,19,20). The number of aryl methyl sites for hydroxylation is 1. The fraction of sp³-hybridized carbons (Fsp3) is 0.312. The van der Waals surface area contributed by atoms with Gasteiger partial charge in [0.1, 0.15) is 0 Å². The van der Waals surface area contributed by atoms with Crippen LogP contribution in [-0.2, 0) is 19.4 Å². The van der Waals surface area contributed by atoms with Gasteiger partial charge >= 0.3 is 6.03 Å². The molecule has 1 aliphatic rings. The predicted octanol–water partition coefficient (Wildman–Crippen LogP) is 3.17. The molecule has 0 radical (unpaired) electrons. The molecular weight excluding hydrogens is 310 g/mol. The van der Waals surface area contributed by atoms with Crippen molar-refractivity contribution in [3.63, 3.8) is 0 Å². The summed E-state index contributed by atoms with van der Waals surface area (Å²) < 4.78 is 1.07. The van der Waals surface area contributed by atoms with E-state index in [1.165, 1.54) is 17.7 Å². The van der Waals surface area contributed by atoms with Crippen molar-refractivity contribution in [2.45, 2.75) is 25.8 Å². The maximum absolute atomic E-state index is 12.4. The van der Waals surface area contributed by atoms with E-state index in [1.807, 2.05) is 18.2 Å². The lowest BCUT2D eigenvalue weighted by Crippen LogP contribution is -2.31. The van der Waals surface area contributed by atoms with Crippen LogP contribution in [-0.4, -0.2) is 33.2 Å². The van der Waals surface area contributed by atoms with Crippen LogP contribution in [0.2, 0.25) is 0 Å². The number of rotatable bonds is 3. The highest BCUT2D eigenvalue weighted by molar-refractivity contribution is 7.16. The summed E-state index contributed by atoms with van der Waals surface area (Å²) >= 11 is 1.56. The summed E-state index contributed by atoms with van der Waals surface area (Å²) in [6.07, 6.45) is 3.28. The molecule has 0 bridgehead atoms. The van der Waals surface area contributed by atoms with Gasteiger partial charge in [-0.05, 0) is 43.0 Å². The van der Waals surface area contributed by atoms with E-state index in [1.54, 1.807) is 28.8 Å². The molecule has 2 N–H and O–H groups in total. The number of nitrogens with zero attached hydrogens (tertiary/aromatic N) is 3. The Kier molecular flexibility index (Phi) is 3.49. The molecule has 3 aromatic rings. The number of aromatic amines is 1. The van der Waals surface area contributed by atoms with Crippen LogP contribution >= 0.6 is 11.3 Å². The number of aromatic nitrogens is 3. The average molecular weight is 327 g/mol. The molecule has 23 heavy (non-hydrogen) atoms. The van der Waals surface area contributed by atoms with Gasteiger partial charge < -0.3 is 10.2 Å².